The van der Waals surface area contributed by atoms with Gasteiger partial charge in [-0.2, -0.15) is 10.2 Å². The Labute approximate surface area is 175 Å². The number of amides is 1. The summed E-state index contributed by atoms with van der Waals surface area (Å²) in [6.07, 6.45) is 1.30. The van der Waals surface area contributed by atoms with Gasteiger partial charge in [0.2, 0.25) is 5.91 Å². The van der Waals surface area contributed by atoms with Gasteiger partial charge in [-0.3, -0.25) is 4.79 Å². The van der Waals surface area contributed by atoms with E-state index >= 15 is 0 Å². The summed E-state index contributed by atoms with van der Waals surface area (Å²) < 4.78 is 5.15. The number of ether oxygens (including phenoxy) is 1. The molecule has 5 nitrogen and oxygen atoms in total. The summed E-state index contributed by atoms with van der Waals surface area (Å²) >= 11 is 1.74. The minimum absolute atomic E-state index is 0.0130. The van der Waals surface area contributed by atoms with Crippen LogP contribution in [0.15, 0.2) is 94.0 Å². The molecule has 0 saturated carbocycles. The van der Waals surface area contributed by atoms with Crippen LogP contribution in [-0.4, -0.2) is 18.8 Å². The maximum Gasteiger partial charge on any atom is 0.224 e. The first-order chi connectivity index (χ1) is 14.2. The summed E-state index contributed by atoms with van der Waals surface area (Å²) in [5.74, 6) is 1.75. The fraction of sp³-hybridized carbons (Fsp3) is 0.174. The van der Waals surface area contributed by atoms with Gasteiger partial charge in [-0.1, -0.05) is 18.2 Å². The number of hydrogen-bond acceptors (Lipinski definition) is 5. The van der Waals surface area contributed by atoms with Gasteiger partial charge in [0.05, 0.1) is 18.5 Å². The van der Waals surface area contributed by atoms with Crippen LogP contribution in [0.3, 0.4) is 0 Å². The van der Waals surface area contributed by atoms with Gasteiger partial charge >= 0.3 is 0 Å². The summed E-state index contributed by atoms with van der Waals surface area (Å²) in [4.78, 5) is 13.3. The minimum Gasteiger partial charge on any atom is -0.497 e. The van der Waals surface area contributed by atoms with E-state index < -0.39 is 0 Å². The Morgan fingerprint density at radius 3 is 2.21 bits per heavy atom. The van der Waals surface area contributed by atoms with Crippen molar-refractivity contribution in [2.75, 3.05) is 18.2 Å². The molecule has 0 saturated heterocycles. The Balaban J connectivity index is 1.39. The molecule has 6 heteroatoms. The predicted octanol–water partition coefficient (Wildman–Crippen LogP) is 6.62. The number of benzene rings is 3. The van der Waals surface area contributed by atoms with E-state index in [0.29, 0.717) is 6.42 Å². The van der Waals surface area contributed by atoms with Crippen molar-refractivity contribution in [1.29, 1.82) is 0 Å². The van der Waals surface area contributed by atoms with Gasteiger partial charge < -0.3 is 10.1 Å². The molecule has 29 heavy (non-hydrogen) atoms. The smallest absolute Gasteiger partial charge is 0.224 e. The predicted molar refractivity (Wildman–Crippen MR) is 119 cm³/mol. The van der Waals surface area contributed by atoms with Crippen LogP contribution < -0.4 is 10.1 Å². The van der Waals surface area contributed by atoms with Crippen molar-refractivity contribution >= 4 is 34.7 Å². The van der Waals surface area contributed by atoms with Crippen molar-refractivity contribution in [3.05, 3.63) is 78.9 Å². The van der Waals surface area contributed by atoms with Crippen molar-refractivity contribution in [1.82, 2.24) is 0 Å². The summed E-state index contributed by atoms with van der Waals surface area (Å²) in [6.45, 7) is 0. The van der Waals surface area contributed by atoms with Gasteiger partial charge in [0.1, 0.15) is 5.75 Å². The molecule has 0 aliphatic carbocycles. The third-order valence-electron chi connectivity index (χ3n) is 4.06. The lowest BCUT2D eigenvalue weighted by Gasteiger charge is -2.06. The fourth-order valence-electron chi connectivity index (χ4n) is 2.54. The van der Waals surface area contributed by atoms with Crippen molar-refractivity contribution in [3.8, 4) is 5.75 Å². The van der Waals surface area contributed by atoms with E-state index in [1.54, 1.807) is 18.9 Å². The summed E-state index contributed by atoms with van der Waals surface area (Å²) in [6, 6.07) is 24.8. The van der Waals surface area contributed by atoms with Gasteiger partial charge in [-0.15, -0.1) is 11.8 Å². The maximum absolute atomic E-state index is 12.1. The summed E-state index contributed by atoms with van der Waals surface area (Å²) in [7, 11) is 1.66. The molecule has 1 N–H and O–H groups in total. The standard InChI is InChI=1S/C23H23N3O2S/c1-28-21-13-15-22(16-14-21)29-17-5-8-23(27)24-18-9-11-20(12-10-18)26-25-19-6-3-2-4-7-19/h2-4,6-7,9-16H,5,8,17H2,1H3,(H,24,27). The molecule has 148 valence electrons. The van der Waals surface area contributed by atoms with Crippen LogP contribution in [0.1, 0.15) is 12.8 Å². The molecular formula is C23H23N3O2S. The minimum atomic E-state index is 0.0130. The first-order valence-corrected chi connectivity index (χ1v) is 10.3. The van der Waals surface area contributed by atoms with E-state index in [1.807, 2.05) is 78.9 Å². The van der Waals surface area contributed by atoms with Crippen molar-refractivity contribution in [3.63, 3.8) is 0 Å². The van der Waals surface area contributed by atoms with E-state index in [4.69, 9.17) is 4.74 Å². The topological polar surface area (TPSA) is 63.0 Å². The number of carbonyl (C=O) groups is 1. The monoisotopic (exact) mass is 405 g/mol. The number of hydrogen-bond donors (Lipinski definition) is 1. The number of anilines is 1. The van der Waals surface area contributed by atoms with Crippen LogP contribution in [-0.2, 0) is 4.79 Å². The third kappa shape index (κ3) is 7.08. The highest BCUT2D eigenvalue weighted by Crippen LogP contribution is 2.23. The van der Waals surface area contributed by atoms with Crippen molar-refractivity contribution < 1.29 is 9.53 Å². The third-order valence-corrected chi connectivity index (χ3v) is 5.16. The van der Waals surface area contributed by atoms with Crippen LogP contribution in [0, 0.1) is 0 Å². The molecule has 0 aliphatic rings. The Bertz CT molecular complexity index is 927. The molecule has 0 fully saturated rings. The second-order valence-corrected chi connectivity index (χ2v) is 7.43. The van der Waals surface area contributed by atoms with Crippen LogP contribution in [0.25, 0.3) is 0 Å². The van der Waals surface area contributed by atoms with Gasteiger partial charge in [0.25, 0.3) is 0 Å². The first-order valence-electron chi connectivity index (χ1n) is 9.36. The van der Waals surface area contributed by atoms with E-state index in [1.165, 1.54) is 4.90 Å². The lowest BCUT2D eigenvalue weighted by Crippen LogP contribution is -2.11. The molecule has 0 atom stereocenters. The SMILES string of the molecule is COc1ccc(SCCCC(=O)Nc2ccc(N=Nc3ccccc3)cc2)cc1. The number of nitrogens with zero attached hydrogens (tertiary/aromatic N) is 2. The number of rotatable bonds is 9. The highest BCUT2D eigenvalue weighted by molar-refractivity contribution is 7.99. The lowest BCUT2D eigenvalue weighted by atomic mass is 10.2. The summed E-state index contributed by atoms with van der Waals surface area (Å²) in [5, 5.41) is 11.3. The lowest BCUT2D eigenvalue weighted by molar-refractivity contribution is -0.116. The average molecular weight is 406 g/mol. The molecule has 3 rings (SSSR count). The summed E-state index contributed by atoms with van der Waals surface area (Å²) in [5.41, 5.74) is 2.30. The van der Waals surface area contributed by atoms with E-state index in [0.717, 1.165) is 35.0 Å². The quantitative estimate of drug-likeness (QED) is 0.247. The Morgan fingerprint density at radius 1 is 0.897 bits per heavy atom. The first kappa shape index (κ1) is 20.6. The highest BCUT2D eigenvalue weighted by Gasteiger charge is 2.03. The van der Waals surface area contributed by atoms with Crippen LogP contribution >= 0.6 is 11.8 Å². The molecule has 3 aromatic rings. The molecule has 0 aliphatic heterocycles. The number of nitrogens with one attached hydrogen (secondary N) is 1. The zero-order chi connectivity index (χ0) is 20.3. The molecule has 0 bridgehead atoms. The fourth-order valence-corrected chi connectivity index (χ4v) is 3.39. The largest absolute Gasteiger partial charge is 0.497 e. The molecule has 0 heterocycles. The Hall–Kier alpha value is -3.12. The van der Waals surface area contributed by atoms with Crippen LogP contribution in [0.2, 0.25) is 0 Å². The highest BCUT2D eigenvalue weighted by atomic mass is 32.2. The van der Waals surface area contributed by atoms with Gasteiger partial charge in [-0.25, -0.2) is 0 Å². The molecule has 0 radical (unpaired) electrons. The van der Waals surface area contributed by atoms with E-state index in [-0.39, 0.29) is 5.91 Å². The van der Waals surface area contributed by atoms with Crippen LogP contribution in [0.5, 0.6) is 5.75 Å². The molecule has 1 amide bonds. The van der Waals surface area contributed by atoms with Crippen molar-refractivity contribution in [2.45, 2.75) is 17.7 Å². The number of azo groups is 1. The van der Waals surface area contributed by atoms with Gasteiger partial charge in [-0.05, 0) is 72.8 Å². The molecule has 3 aromatic carbocycles. The number of methoxy groups -OCH3 is 1. The normalized spacial score (nSPS) is 10.8. The zero-order valence-electron chi connectivity index (χ0n) is 16.2. The Morgan fingerprint density at radius 2 is 1.55 bits per heavy atom. The maximum atomic E-state index is 12.1. The second-order valence-electron chi connectivity index (χ2n) is 6.26. The van der Waals surface area contributed by atoms with Crippen LogP contribution in [0.4, 0.5) is 17.1 Å². The number of carbonyl (C=O) groups excluding carboxylic acids is 1. The molecular weight excluding hydrogens is 382 g/mol. The Kier molecular flexibility index (Phi) is 7.83. The number of thioether (sulfide) groups is 1. The van der Waals surface area contributed by atoms with Gasteiger partial charge in [0, 0.05) is 17.0 Å². The van der Waals surface area contributed by atoms with Crippen molar-refractivity contribution in [2.24, 2.45) is 10.2 Å². The molecule has 0 aromatic heterocycles. The van der Waals surface area contributed by atoms with E-state index in [9.17, 15) is 4.79 Å². The second kappa shape index (κ2) is 11.0. The zero-order valence-corrected chi connectivity index (χ0v) is 17.1. The van der Waals surface area contributed by atoms with E-state index in [2.05, 4.69) is 15.5 Å². The molecule has 0 unspecified atom stereocenters. The van der Waals surface area contributed by atoms with Gasteiger partial charge in [0.15, 0.2) is 0 Å². The molecule has 0 spiro atoms. The average Bonchev–Trinajstić information content (AvgIpc) is 2.77.